The van der Waals surface area contributed by atoms with E-state index >= 15 is 0 Å². The van der Waals surface area contributed by atoms with Crippen LogP contribution in [0.2, 0.25) is 15.1 Å². The zero-order valence-corrected chi connectivity index (χ0v) is 13.8. The van der Waals surface area contributed by atoms with E-state index in [4.69, 9.17) is 44.3 Å². The van der Waals surface area contributed by atoms with Gasteiger partial charge in [-0.25, -0.2) is 0 Å². The predicted octanol–water partition coefficient (Wildman–Crippen LogP) is 4.67. The third-order valence-corrected chi connectivity index (χ3v) is 3.75. The van der Waals surface area contributed by atoms with Crippen molar-refractivity contribution >= 4 is 46.4 Å². The molecule has 0 spiro atoms. The van der Waals surface area contributed by atoms with E-state index in [0.717, 1.165) is 0 Å². The quantitative estimate of drug-likeness (QED) is 0.788. The summed E-state index contributed by atoms with van der Waals surface area (Å²) < 4.78 is 10.6. The Bertz CT molecular complexity index is 692. The Morgan fingerprint density at radius 3 is 2.36 bits per heavy atom. The fourth-order valence-electron chi connectivity index (χ4n) is 1.69. The highest BCUT2D eigenvalue weighted by Crippen LogP contribution is 2.32. The molecule has 0 unspecified atom stereocenters. The maximum Gasteiger partial charge on any atom is 0.262 e. The first-order valence-corrected chi connectivity index (χ1v) is 7.35. The van der Waals surface area contributed by atoms with Crippen LogP contribution in [0.3, 0.4) is 0 Å². The molecule has 0 heterocycles. The molecule has 0 aliphatic rings. The largest absolute Gasteiger partial charge is 0.493 e. The van der Waals surface area contributed by atoms with Gasteiger partial charge in [0.05, 0.1) is 27.9 Å². The molecule has 0 aliphatic heterocycles. The highest BCUT2D eigenvalue weighted by Gasteiger charge is 2.11. The number of para-hydroxylation sites is 2. The Balaban J connectivity index is 2.00. The van der Waals surface area contributed by atoms with Gasteiger partial charge in [0, 0.05) is 0 Å². The van der Waals surface area contributed by atoms with Gasteiger partial charge in [-0.2, -0.15) is 0 Å². The first-order chi connectivity index (χ1) is 10.5. The molecule has 0 saturated heterocycles. The highest BCUT2D eigenvalue weighted by molar-refractivity contribution is 6.44. The van der Waals surface area contributed by atoms with Crippen molar-refractivity contribution in [2.45, 2.75) is 0 Å². The van der Waals surface area contributed by atoms with Gasteiger partial charge in [-0.3, -0.25) is 4.79 Å². The van der Waals surface area contributed by atoms with E-state index in [1.807, 2.05) is 0 Å². The van der Waals surface area contributed by atoms with E-state index in [0.29, 0.717) is 32.3 Å². The van der Waals surface area contributed by atoms with Crippen molar-refractivity contribution in [3.8, 4) is 11.5 Å². The van der Waals surface area contributed by atoms with Gasteiger partial charge in [0.25, 0.3) is 5.91 Å². The van der Waals surface area contributed by atoms with Gasteiger partial charge in [0.1, 0.15) is 0 Å². The monoisotopic (exact) mass is 359 g/mol. The van der Waals surface area contributed by atoms with Gasteiger partial charge in [-0.1, -0.05) is 46.9 Å². The number of amides is 1. The van der Waals surface area contributed by atoms with Crippen LogP contribution < -0.4 is 14.8 Å². The average molecular weight is 361 g/mol. The second-order valence-electron chi connectivity index (χ2n) is 4.23. The molecule has 1 N–H and O–H groups in total. The summed E-state index contributed by atoms with van der Waals surface area (Å²) in [4.78, 5) is 11.9. The molecule has 0 aromatic heterocycles. The molecular formula is C15H12Cl3NO3. The average Bonchev–Trinajstić information content (AvgIpc) is 2.51. The van der Waals surface area contributed by atoms with Crippen LogP contribution in [-0.2, 0) is 4.79 Å². The number of carbonyl (C=O) groups is 1. The standard InChI is InChI=1S/C15H12Cl3NO3/c1-21-13-4-2-3-5-14(13)22-8-15(20)19-12-7-10(17)9(16)6-11(12)18/h2-7H,8H2,1H3,(H,19,20). The normalized spacial score (nSPS) is 10.2. The van der Waals surface area contributed by atoms with Crippen molar-refractivity contribution < 1.29 is 14.3 Å². The molecule has 1 amide bonds. The molecule has 4 nitrogen and oxygen atoms in total. The Labute approximate surface area is 142 Å². The first kappa shape index (κ1) is 16.7. The van der Waals surface area contributed by atoms with Crippen LogP contribution in [0.5, 0.6) is 11.5 Å². The summed E-state index contributed by atoms with van der Waals surface area (Å²) in [7, 11) is 1.53. The lowest BCUT2D eigenvalue weighted by Crippen LogP contribution is -2.20. The van der Waals surface area contributed by atoms with Crippen molar-refractivity contribution in [1.29, 1.82) is 0 Å². The first-order valence-electron chi connectivity index (χ1n) is 6.21. The van der Waals surface area contributed by atoms with Gasteiger partial charge in [0.2, 0.25) is 0 Å². The summed E-state index contributed by atoms with van der Waals surface area (Å²) >= 11 is 17.7. The van der Waals surface area contributed by atoms with E-state index < -0.39 is 0 Å². The predicted molar refractivity (Wildman–Crippen MR) is 88.6 cm³/mol. The van der Waals surface area contributed by atoms with Crippen molar-refractivity contribution in [2.75, 3.05) is 19.0 Å². The van der Waals surface area contributed by atoms with Crippen LogP contribution >= 0.6 is 34.8 Å². The minimum Gasteiger partial charge on any atom is -0.493 e. The van der Waals surface area contributed by atoms with Crippen molar-refractivity contribution in [3.63, 3.8) is 0 Å². The van der Waals surface area contributed by atoms with Crippen molar-refractivity contribution in [2.24, 2.45) is 0 Å². The van der Waals surface area contributed by atoms with Crippen LogP contribution in [0.4, 0.5) is 5.69 Å². The number of benzene rings is 2. The summed E-state index contributed by atoms with van der Waals surface area (Å²) in [5.74, 6) is 0.634. The molecule has 22 heavy (non-hydrogen) atoms. The molecule has 7 heteroatoms. The Morgan fingerprint density at radius 1 is 1.05 bits per heavy atom. The maximum absolute atomic E-state index is 11.9. The topological polar surface area (TPSA) is 47.6 Å². The molecule has 2 rings (SSSR count). The Kier molecular flexibility index (Phi) is 5.77. The number of anilines is 1. The lowest BCUT2D eigenvalue weighted by atomic mass is 10.3. The number of carbonyl (C=O) groups excluding carboxylic acids is 1. The minimum atomic E-state index is -0.383. The van der Waals surface area contributed by atoms with Gasteiger partial charge in [-0.05, 0) is 24.3 Å². The number of hydrogen-bond acceptors (Lipinski definition) is 3. The van der Waals surface area contributed by atoms with Crippen LogP contribution in [0.1, 0.15) is 0 Å². The van der Waals surface area contributed by atoms with Crippen LogP contribution in [0.25, 0.3) is 0 Å². The number of halogens is 3. The molecular weight excluding hydrogens is 349 g/mol. The van der Waals surface area contributed by atoms with Crippen LogP contribution in [-0.4, -0.2) is 19.6 Å². The van der Waals surface area contributed by atoms with E-state index in [2.05, 4.69) is 5.32 Å². The fourth-order valence-corrected chi connectivity index (χ4v) is 2.28. The lowest BCUT2D eigenvalue weighted by molar-refractivity contribution is -0.118. The third kappa shape index (κ3) is 4.19. The maximum atomic E-state index is 11.9. The number of ether oxygens (including phenoxy) is 2. The van der Waals surface area contributed by atoms with Crippen molar-refractivity contribution in [3.05, 3.63) is 51.5 Å². The van der Waals surface area contributed by atoms with E-state index in [-0.39, 0.29) is 12.5 Å². The number of methoxy groups -OCH3 is 1. The molecule has 0 fully saturated rings. The molecule has 0 radical (unpaired) electrons. The molecule has 0 atom stereocenters. The van der Waals surface area contributed by atoms with Crippen LogP contribution in [0, 0.1) is 0 Å². The second-order valence-corrected chi connectivity index (χ2v) is 5.46. The number of rotatable bonds is 5. The molecule has 0 aliphatic carbocycles. The summed E-state index contributed by atoms with van der Waals surface area (Å²) in [6.07, 6.45) is 0. The summed E-state index contributed by atoms with van der Waals surface area (Å²) in [6.45, 7) is -0.197. The lowest BCUT2D eigenvalue weighted by Gasteiger charge is -2.11. The van der Waals surface area contributed by atoms with E-state index in [9.17, 15) is 4.79 Å². The Hall–Kier alpha value is -1.62. The highest BCUT2D eigenvalue weighted by atomic mass is 35.5. The zero-order valence-electron chi connectivity index (χ0n) is 11.5. The molecule has 2 aromatic carbocycles. The van der Waals surface area contributed by atoms with E-state index in [1.165, 1.54) is 19.2 Å². The van der Waals surface area contributed by atoms with Gasteiger partial charge >= 0.3 is 0 Å². The minimum absolute atomic E-state index is 0.197. The number of nitrogens with one attached hydrogen (secondary N) is 1. The zero-order chi connectivity index (χ0) is 16.1. The molecule has 2 aromatic rings. The van der Waals surface area contributed by atoms with E-state index in [1.54, 1.807) is 24.3 Å². The summed E-state index contributed by atoms with van der Waals surface area (Å²) in [5, 5.41) is 3.51. The van der Waals surface area contributed by atoms with Gasteiger partial charge < -0.3 is 14.8 Å². The summed E-state index contributed by atoms with van der Waals surface area (Å²) in [6, 6.07) is 9.98. The molecule has 0 saturated carbocycles. The van der Waals surface area contributed by atoms with Gasteiger partial charge in [-0.15, -0.1) is 0 Å². The van der Waals surface area contributed by atoms with Gasteiger partial charge in [0.15, 0.2) is 18.1 Å². The number of hydrogen-bond donors (Lipinski definition) is 1. The molecule has 116 valence electrons. The third-order valence-electron chi connectivity index (χ3n) is 2.71. The van der Waals surface area contributed by atoms with Crippen molar-refractivity contribution in [1.82, 2.24) is 0 Å². The smallest absolute Gasteiger partial charge is 0.262 e. The fraction of sp³-hybridized carbons (Fsp3) is 0.133. The second kappa shape index (κ2) is 7.58. The SMILES string of the molecule is COc1ccccc1OCC(=O)Nc1cc(Cl)c(Cl)cc1Cl. The van der Waals surface area contributed by atoms with Crippen LogP contribution in [0.15, 0.2) is 36.4 Å². The summed E-state index contributed by atoms with van der Waals surface area (Å²) in [5.41, 5.74) is 0.365. The Morgan fingerprint density at radius 2 is 1.68 bits per heavy atom. The molecule has 0 bridgehead atoms.